The molecule has 7 nitrogen and oxygen atoms in total. The van der Waals surface area contributed by atoms with Gasteiger partial charge in [-0.2, -0.15) is 9.36 Å². The van der Waals surface area contributed by atoms with Crippen LogP contribution in [0.3, 0.4) is 0 Å². The fourth-order valence-electron chi connectivity index (χ4n) is 1.10. The average Bonchev–Trinajstić information content (AvgIpc) is 2.79. The molecule has 0 unspecified atom stereocenters. The molecule has 1 aromatic heterocycles. The number of urea groups is 1. The van der Waals surface area contributed by atoms with Crippen molar-refractivity contribution in [3.05, 3.63) is 0 Å². The lowest BCUT2D eigenvalue weighted by Crippen LogP contribution is -2.29. The van der Waals surface area contributed by atoms with Gasteiger partial charge in [-0.3, -0.25) is 10.1 Å². The van der Waals surface area contributed by atoms with E-state index in [0.29, 0.717) is 23.3 Å². The maximum absolute atomic E-state index is 11.4. The van der Waals surface area contributed by atoms with E-state index in [9.17, 15) is 9.59 Å². The van der Waals surface area contributed by atoms with Crippen molar-refractivity contribution in [3.8, 4) is 0 Å². The first-order valence-corrected chi connectivity index (χ1v) is 7.61. The van der Waals surface area contributed by atoms with Crippen LogP contribution in [0.4, 0.5) is 9.93 Å². The lowest BCUT2D eigenvalue weighted by atomic mass is 10.3. The van der Waals surface area contributed by atoms with Gasteiger partial charge in [0.25, 0.3) is 0 Å². The number of thioether (sulfide) groups is 1. The standard InChI is InChI=1S/C10H16N4O3S2/c1-2-6-18-10-13-9(19-14-10)12-8(17)11-5-3-4-7(15)16/h2-6H2,1H3,(H,15,16)(H2,11,12,13,14,17). The zero-order chi connectivity index (χ0) is 14.1. The number of carboxylic acids is 1. The molecule has 0 aromatic carbocycles. The molecule has 19 heavy (non-hydrogen) atoms. The van der Waals surface area contributed by atoms with Crippen molar-refractivity contribution in [3.63, 3.8) is 0 Å². The van der Waals surface area contributed by atoms with E-state index >= 15 is 0 Å². The molecule has 1 rings (SSSR count). The zero-order valence-electron chi connectivity index (χ0n) is 10.5. The van der Waals surface area contributed by atoms with Gasteiger partial charge in [-0.05, 0) is 12.8 Å². The lowest BCUT2D eigenvalue weighted by Gasteiger charge is -2.03. The summed E-state index contributed by atoms with van der Waals surface area (Å²) >= 11 is 2.67. The number of amides is 2. The van der Waals surface area contributed by atoms with E-state index in [-0.39, 0.29) is 6.42 Å². The van der Waals surface area contributed by atoms with E-state index in [0.717, 1.165) is 23.7 Å². The van der Waals surface area contributed by atoms with Crippen molar-refractivity contribution < 1.29 is 14.7 Å². The molecule has 0 spiro atoms. The number of rotatable bonds is 8. The summed E-state index contributed by atoms with van der Waals surface area (Å²) in [5.41, 5.74) is 0. The number of carboxylic acid groups (broad SMARTS) is 1. The highest BCUT2D eigenvalue weighted by molar-refractivity contribution is 7.99. The SMILES string of the molecule is CCCSc1nsc(NC(=O)NCCCC(=O)O)n1. The molecule has 0 saturated heterocycles. The van der Waals surface area contributed by atoms with E-state index < -0.39 is 12.0 Å². The highest BCUT2D eigenvalue weighted by atomic mass is 32.2. The Morgan fingerprint density at radius 3 is 2.95 bits per heavy atom. The van der Waals surface area contributed by atoms with E-state index in [1.807, 2.05) is 0 Å². The van der Waals surface area contributed by atoms with Gasteiger partial charge in [-0.25, -0.2) is 4.79 Å². The van der Waals surface area contributed by atoms with Crippen molar-refractivity contribution in [1.29, 1.82) is 0 Å². The first-order chi connectivity index (χ1) is 9.11. The van der Waals surface area contributed by atoms with Crippen LogP contribution in [-0.2, 0) is 4.79 Å². The minimum absolute atomic E-state index is 0.0386. The van der Waals surface area contributed by atoms with Gasteiger partial charge in [0.05, 0.1) is 0 Å². The number of aromatic nitrogens is 2. The molecular weight excluding hydrogens is 288 g/mol. The molecule has 0 atom stereocenters. The van der Waals surface area contributed by atoms with Crippen molar-refractivity contribution in [2.24, 2.45) is 0 Å². The second-order valence-electron chi connectivity index (χ2n) is 3.61. The highest BCUT2D eigenvalue weighted by Crippen LogP contribution is 2.20. The first-order valence-electron chi connectivity index (χ1n) is 5.85. The topological polar surface area (TPSA) is 104 Å². The highest BCUT2D eigenvalue weighted by Gasteiger charge is 2.07. The normalized spacial score (nSPS) is 10.2. The van der Waals surface area contributed by atoms with Crippen LogP contribution in [0, 0.1) is 0 Å². The second-order valence-corrected chi connectivity index (χ2v) is 5.42. The van der Waals surface area contributed by atoms with E-state index in [1.165, 1.54) is 0 Å². The minimum Gasteiger partial charge on any atom is -0.481 e. The van der Waals surface area contributed by atoms with Gasteiger partial charge in [-0.1, -0.05) is 18.7 Å². The Morgan fingerprint density at radius 2 is 2.26 bits per heavy atom. The number of aliphatic carboxylic acids is 1. The summed E-state index contributed by atoms with van der Waals surface area (Å²) in [5, 5.41) is 14.7. The quantitative estimate of drug-likeness (QED) is 0.501. The molecule has 9 heteroatoms. The fourth-order valence-corrected chi connectivity index (χ4v) is 2.49. The molecule has 0 radical (unpaired) electrons. The third kappa shape index (κ3) is 6.97. The predicted molar refractivity (Wildman–Crippen MR) is 74.8 cm³/mol. The van der Waals surface area contributed by atoms with Crippen LogP contribution in [0.1, 0.15) is 26.2 Å². The van der Waals surface area contributed by atoms with Gasteiger partial charge in [0.2, 0.25) is 10.3 Å². The van der Waals surface area contributed by atoms with Crippen molar-refractivity contribution in [2.45, 2.75) is 31.3 Å². The predicted octanol–water partition coefficient (Wildman–Crippen LogP) is 2.03. The van der Waals surface area contributed by atoms with Gasteiger partial charge < -0.3 is 10.4 Å². The summed E-state index contributed by atoms with van der Waals surface area (Å²) in [7, 11) is 0. The van der Waals surface area contributed by atoms with Crippen LogP contribution in [0.5, 0.6) is 0 Å². The van der Waals surface area contributed by atoms with E-state index in [4.69, 9.17) is 5.11 Å². The zero-order valence-corrected chi connectivity index (χ0v) is 12.1. The minimum atomic E-state index is -0.871. The second kappa shape index (κ2) is 8.70. The molecule has 0 fully saturated rings. The maximum Gasteiger partial charge on any atom is 0.321 e. The van der Waals surface area contributed by atoms with Gasteiger partial charge in [0, 0.05) is 30.3 Å². The number of nitrogens with one attached hydrogen (secondary N) is 2. The molecule has 3 N–H and O–H groups in total. The van der Waals surface area contributed by atoms with Gasteiger partial charge in [-0.15, -0.1) is 0 Å². The molecule has 2 amide bonds. The van der Waals surface area contributed by atoms with E-state index in [2.05, 4.69) is 26.9 Å². The van der Waals surface area contributed by atoms with Gasteiger partial charge >= 0.3 is 12.0 Å². The molecule has 0 bridgehead atoms. The molecule has 0 aliphatic carbocycles. The number of nitrogens with zero attached hydrogens (tertiary/aromatic N) is 2. The lowest BCUT2D eigenvalue weighted by molar-refractivity contribution is -0.137. The summed E-state index contributed by atoms with van der Waals surface area (Å²) in [6.07, 6.45) is 1.48. The number of hydrogen-bond acceptors (Lipinski definition) is 6. The molecule has 0 aliphatic heterocycles. The van der Waals surface area contributed by atoms with Crippen molar-refractivity contribution >= 4 is 40.4 Å². The summed E-state index contributed by atoms with van der Waals surface area (Å²) < 4.78 is 4.10. The Hall–Kier alpha value is -1.35. The Morgan fingerprint density at radius 1 is 1.47 bits per heavy atom. The summed E-state index contributed by atoms with van der Waals surface area (Å²) in [6, 6.07) is -0.395. The summed E-state index contributed by atoms with van der Waals surface area (Å²) in [4.78, 5) is 25.9. The van der Waals surface area contributed by atoms with Crippen LogP contribution in [-0.4, -0.2) is 38.8 Å². The Bertz CT molecular complexity index is 425. The first kappa shape index (κ1) is 15.7. The smallest absolute Gasteiger partial charge is 0.321 e. The van der Waals surface area contributed by atoms with E-state index in [1.54, 1.807) is 11.8 Å². The van der Waals surface area contributed by atoms with Crippen LogP contribution < -0.4 is 10.6 Å². The number of carbonyl (C=O) groups is 2. The average molecular weight is 304 g/mol. The van der Waals surface area contributed by atoms with Crippen molar-refractivity contribution in [1.82, 2.24) is 14.7 Å². The van der Waals surface area contributed by atoms with Crippen LogP contribution >= 0.6 is 23.3 Å². The summed E-state index contributed by atoms with van der Waals surface area (Å²) in [5.74, 6) is 0.0707. The Balaban J connectivity index is 2.24. The van der Waals surface area contributed by atoms with Gasteiger partial charge in [0.1, 0.15) is 0 Å². The molecule has 106 valence electrons. The van der Waals surface area contributed by atoms with Crippen LogP contribution in [0.25, 0.3) is 0 Å². The maximum atomic E-state index is 11.4. The van der Waals surface area contributed by atoms with Crippen LogP contribution in [0.15, 0.2) is 5.16 Å². The van der Waals surface area contributed by atoms with Gasteiger partial charge in [0.15, 0.2) is 0 Å². The fraction of sp³-hybridized carbons (Fsp3) is 0.600. The number of carbonyl (C=O) groups excluding carboxylic acids is 1. The number of hydrogen-bond donors (Lipinski definition) is 3. The third-order valence-electron chi connectivity index (χ3n) is 1.92. The molecule has 0 aliphatic rings. The monoisotopic (exact) mass is 304 g/mol. The largest absolute Gasteiger partial charge is 0.481 e. The Labute approximate surface area is 119 Å². The molecular formula is C10H16N4O3S2. The third-order valence-corrected chi connectivity index (χ3v) is 3.72. The Kier molecular flexibility index (Phi) is 7.19. The molecule has 1 heterocycles. The van der Waals surface area contributed by atoms with Crippen LogP contribution in [0.2, 0.25) is 0 Å². The molecule has 0 saturated carbocycles. The molecule has 1 aromatic rings. The van der Waals surface area contributed by atoms with Crippen molar-refractivity contribution in [2.75, 3.05) is 17.6 Å². The number of anilines is 1. The summed E-state index contributed by atoms with van der Waals surface area (Å²) in [6.45, 7) is 2.39.